The van der Waals surface area contributed by atoms with Gasteiger partial charge in [-0.15, -0.1) is 10.2 Å². The summed E-state index contributed by atoms with van der Waals surface area (Å²) in [6.45, 7) is 1.71. The molecule has 2 N–H and O–H groups in total. The van der Waals surface area contributed by atoms with E-state index in [1.807, 2.05) is 18.2 Å². The topological polar surface area (TPSA) is 87.7 Å². The van der Waals surface area contributed by atoms with Gasteiger partial charge in [0.05, 0.1) is 16.0 Å². The first-order valence-electron chi connectivity index (χ1n) is 7.79. The lowest BCUT2D eigenvalue weighted by atomic mass is 10.2. The maximum Gasteiger partial charge on any atom is 0.278 e. The Morgan fingerprint density at radius 1 is 1.12 bits per heavy atom. The smallest absolute Gasteiger partial charge is 0.278 e. The lowest BCUT2D eigenvalue weighted by Gasteiger charge is -2.12. The number of benzene rings is 2. The molecule has 1 atom stereocenters. The fourth-order valence-electron chi connectivity index (χ4n) is 2.18. The third-order valence-electron chi connectivity index (χ3n) is 3.51. The van der Waals surface area contributed by atoms with Crippen molar-refractivity contribution in [2.45, 2.75) is 17.3 Å². The minimum atomic E-state index is -0.501. The first-order chi connectivity index (χ1) is 12.5. The van der Waals surface area contributed by atoms with E-state index in [2.05, 4.69) is 20.5 Å². The summed E-state index contributed by atoms with van der Waals surface area (Å²) in [7, 11) is 0. The predicted octanol–water partition coefficient (Wildman–Crippen LogP) is 3.60. The Morgan fingerprint density at radius 2 is 1.81 bits per heavy atom. The van der Waals surface area contributed by atoms with Crippen molar-refractivity contribution in [3.8, 4) is 11.3 Å². The molecule has 0 saturated carbocycles. The van der Waals surface area contributed by atoms with Crippen LogP contribution in [0.4, 0.5) is 5.69 Å². The molecule has 0 spiro atoms. The van der Waals surface area contributed by atoms with Gasteiger partial charge in [0.25, 0.3) is 5.56 Å². The highest BCUT2D eigenvalue weighted by molar-refractivity contribution is 8.00. The average Bonchev–Trinajstić information content (AvgIpc) is 2.64. The van der Waals surface area contributed by atoms with Gasteiger partial charge in [0.2, 0.25) is 5.91 Å². The van der Waals surface area contributed by atoms with E-state index in [9.17, 15) is 9.59 Å². The number of H-pyrrole nitrogens is 1. The summed E-state index contributed by atoms with van der Waals surface area (Å²) in [6, 6.07) is 16.0. The van der Waals surface area contributed by atoms with E-state index >= 15 is 0 Å². The molecular formula is C18H15ClN4O2S. The third-order valence-corrected chi connectivity index (χ3v) is 4.82. The first kappa shape index (κ1) is 18.2. The molecule has 26 heavy (non-hydrogen) atoms. The van der Waals surface area contributed by atoms with Gasteiger partial charge in [-0.1, -0.05) is 65.8 Å². The maximum absolute atomic E-state index is 12.3. The third kappa shape index (κ3) is 4.30. The van der Waals surface area contributed by atoms with Crippen molar-refractivity contribution in [3.63, 3.8) is 0 Å². The summed E-state index contributed by atoms with van der Waals surface area (Å²) >= 11 is 7.15. The molecule has 0 radical (unpaired) electrons. The van der Waals surface area contributed by atoms with Crippen LogP contribution in [0.25, 0.3) is 11.3 Å². The number of amides is 1. The normalized spacial score (nSPS) is 11.8. The SMILES string of the molecule is CC(Sc1nnc(-c2ccccc2)c(=O)[nH]1)C(=O)Nc1ccccc1Cl. The molecular weight excluding hydrogens is 372 g/mol. The highest BCUT2D eigenvalue weighted by Crippen LogP contribution is 2.24. The number of hydrogen-bond acceptors (Lipinski definition) is 5. The molecule has 132 valence electrons. The number of carbonyl (C=O) groups excluding carboxylic acids is 1. The number of thioether (sulfide) groups is 1. The lowest BCUT2D eigenvalue weighted by Crippen LogP contribution is -2.23. The van der Waals surface area contributed by atoms with Crippen LogP contribution in [0.15, 0.2) is 64.5 Å². The molecule has 1 amide bonds. The molecule has 8 heteroatoms. The van der Waals surface area contributed by atoms with Gasteiger partial charge < -0.3 is 5.32 Å². The van der Waals surface area contributed by atoms with Crippen LogP contribution >= 0.6 is 23.4 Å². The maximum atomic E-state index is 12.3. The number of halogens is 1. The molecule has 1 heterocycles. The Morgan fingerprint density at radius 3 is 2.50 bits per heavy atom. The lowest BCUT2D eigenvalue weighted by molar-refractivity contribution is -0.115. The van der Waals surface area contributed by atoms with Crippen molar-refractivity contribution in [1.29, 1.82) is 0 Å². The molecule has 1 unspecified atom stereocenters. The van der Waals surface area contributed by atoms with E-state index in [1.54, 1.807) is 43.3 Å². The molecule has 3 rings (SSSR count). The van der Waals surface area contributed by atoms with Crippen molar-refractivity contribution in [1.82, 2.24) is 15.2 Å². The van der Waals surface area contributed by atoms with E-state index in [0.717, 1.165) is 11.8 Å². The second-order valence-electron chi connectivity index (χ2n) is 5.40. The van der Waals surface area contributed by atoms with Crippen LogP contribution in [0.1, 0.15) is 6.92 Å². The number of rotatable bonds is 5. The Kier molecular flexibility index (Phi) is 5.70. The van der Waals surface area contributed by atoms with Gasteiger partial charge in [-0.25, -0.2) is 0 Å². The van der Waals surface area contributed by atoms with Crippen molar-refractivity contribution in [2.24, 2.45) is 0 Å². The van der Waals surface area contributed by atoms with Crippen LogP contribution in [0.3, 0.4) is 0 Å². The molecule has 3 aromatic rings. The minimum absolute atomic E-state index is 0.239. The van der Waals surface area contributed by atoms with E-state index in [0.29, 0.717) is 16.3 Å². The number of hydrogen-bond donors (Lipinski definition) is 2. The minimum Gasteiger partial charge on any atom is -0.324 e. The second kappa shape index (κ2) is 8.16. The van der Waals surface area contributed by atoms with Crippen molar-refractivity contribution in [2.75, 3.05) is 5.32 Å². The molecule has 0 aliphatic carbocycles. The molecule has 2 aromatic carbocycles. The molecule has 0 aliphatic rings. The summed E-state index contributed by atoms with van der Waals surface area (Å²) in [5, 5.41) is 11.0. The van der Waals surface area contributed by atoms with Gasteiger partial charge in [0, 0.05) is 5.56 Å². The van der Waals surface area contributed by atoms with Gasteiger partial charge in [-0.05, 0) is 19.1 Å². The molecule has 6 nitrogen and oxygen atoms in total. The molecule has 1 aromatic heterocycles. The Labute approximate surface area is 159 Å². The zero-order valence-corrected chi connectivity index (χ0v) is 15.3. The molecule has 0 bridgehead atoms. The Hall–Kier alpha value is -2.64. The summed E-state index contributed by atoms with van der Waals surface area (Å²) in [4.78, 5) is 27.2. The number of anilines is 1. The predicted molar refractivity (Wildman–Crippen MR) is 103 cm³/mol. The van der Waals surface area contributed by atoms with Crippen LogP contribution in [-0.2, 0) is 4.79 Å². The number of nitrogens with zero attached hydrogens (tertiary/aromatic N) is 2. The quantitative estimate of drug-likeness (QED) is 0.654. The van der Waals surface area contributed by atoms with Crippen LogP contribution in [0.2, 0.25) is 5.02 Å². The Bertz CT molecular complexity index is 978. The van der Waals surface area contributed by atoms with E-state index in [-0.39, 0.29) is 22.3 Å². The summed E-state index contributed by atoms with van der Waals surface area (Å²) < 4.78 is 0. The highest BCUT2D eigenvalue weighted by atomic mass is 35.5. The second-order valence-corrected chi connectivity index (χ2v) is 7.14. The highest BCUT2D eigenvalue weighted by Gasteiger charge is 2.18. The van der Waals surface area contributed by atoms with Crippen molar-refractivity contribution >= 4 is 35.0 Å². The number of carbonyl (C=O) groups is 1. The first-order valence-corrected chi connectivity index (χ1v) is 9.05. The van der Waals surface area contributed by atoms with Crippen molar-refractivity contribution in [3.05, 3.63) is 70.0 Å². The van der Waals surface area contributed by atoms with Crippen LogP contribution in [0, 0.1) is 0 Å². The van der Waals surface area contributed by atoms with Crippen LogP contribution < -0.4 is 10.9 Å². The standard InChI is InChI=1S/C18H15ClN4O2S/c1-11(16(24)20-14-10-6-5-9-13(14)19)26-18-21-17(25)15(22-23-18)12-7-3-2-4-8-12/h2-11H,1H3,(H,20,24)(H,21,23,25). The molecule has 0 fully saturated rings. The number of aromatic amines is 1. The summed E-state index contributed by atoms with van der Waals surface area (Å²) in [5.41, 5.74) is 1.10. The zero-order chi connectivity index (χ0) is 18.5. The number of aromatic nitrogens is 3. The number of nitrogens with one attached hydrogen (secondary N) is 2. The fraction of sp³-hybridized carbons (Fsp3) is 0.111. The van der Waals surface area contributed by atoms with E-state index in [4.69, 9.17) is 11.6 Å². The van der Waals surface area contributed by atoms with Crippen LogP contribution in [-0.4, -0.2) is 26.3 Å². The van der Waals surface area contributed by atoms with Gasteiger partial charge in [0.15, 0.2) is 10.9 Å². The summed E-state index contributed by atoms with van der Waals surface area (Å²) in [5.74, 6) is -0.252. The van der Waals surface area contributed by atoms with E-state index < -0.39 is 5.25 Å². The molecule has 0 saturated heterocycles. The van der Waals surface area contributed by atoms with E-state index in [1.165, 1.54) is 0 Å². The zero-order valence-electron chi connectivity index (χ0n) is 13.8. The van der Waals surface area contributed by atoms with Gasteiger partial charge in [-0.3, -0.25) is 14.6 Å². The fourth-order valence-corrected chi connectivity index (χ4v) is 3.10. The largest absolute Gasteiger partial charge is 0.324 e. The summed E-state index contributed by atoms with van der Waals surface area (Å²) in [6.07, 6.45) is 0. The number of para-hydroxylation sites is 1. The molecule has 0 aliphatic heterocycles. The van der Waals surface area contributed by atoms with Gasteiger partial charge in [0.1, 0.15) is 0 Å². The van der Waals surface area contributed by atoms with Crippen LogP contribution in [0.5, 0.6) is 0 Å². The van der Waals surface area contributed by atoms with Gasteiger partial charge >= 0.3 is 0 Å². The van der Waals surface area contributed by atoms with Crippen molar-refractivity contribution < 1.29 is 4.79 Å². The Balaban J connectivity index is 1.70. The average molecular weight is 387 g/mol. The monoisotopic (exact) mass is 386 g/mol. The van der Waals surface area contributed by atoms with Gasteiger partial charge in [-0.2, -0.15) is 0 Å².